The van der Waals surface area contributed by atoms with Crippen molar-refractivity contribution in [2.75, 3.05) is 6.79 Å². The number of hydrogen-bond acceptors (Lipinski definition) is 4. The highest BCUT2D eigenvalue weighted by Gasteiger charge is 2.61. The van der Waals surface area contributed by atoms with E-state index in [2.05, 4.69) is 47.6 Å². The molecule has 3 unspecified atom stereocenters. The van der Waals surface area contributed by atoms with Gasteiger partial charge in [0.15, 0.2) is 11.5 Å². The van der Waals surface area contributed by atoms with Crippen molar-refractivity contribution in [2.45, 2.75) is 47.6 Å². The second-order valence-electron chi connectivity index (χ2n) is 8.28. The second kappa shape index (κ2) is 6.40. The molecule has 2 aliphatic rings. The van der Waals surface area contributed by atoms with Crippen LogP contribution in [0, 0.1) is 23.2 Å². The summed E-state index contributed by atoms with van der Waals surface area (Å²) in [7, 11) is 0. The van der Waals surface area contributed by atoms with Crippen molar-refractivity contribution in [1.82, 2.24) is 0 Å². The lowest BCUT2D eigenvalue weighted by Gasteiger charge is -2.22. The van der Waals surface area contributed by atoms with E-state index in [1.54, 1.807) is 0 Å². The molecule has 0 radical (unpaired) electrons. The quantitative estimate of drug-likeness (QED) is 0.563. The van der Waals surface area contributed by atoms with Gasteiger partial charge in [-0.25, -0.2) is 0 Å². The molecule has 136 valence electrons. The number of ether oxygens (including phenoxy) is 3. The number of hydrogen-bond donors (Lipinski definition) is 0. The van der Waals surface area contributed by atoms with Crippen LogP contribution in [-0.4, -0.2) is 12.8 Å². The van der Waals surface area contributed by atoms with Crippen molar-refractivity contribution in [3.8, 4) is 11.5 Å². The molecule has 0 N–H and O–H groups in total. The summed E-state index contributed by atoms with van der Waals surface area (Å²) >= 11 is 0. The summed E-state index contributed by atoms with van der Waals surface area (Å²) in [5.41, 5.74) is 2.15. The molecule has 25 heavy (non-hydrogen) atoms. The minimum absolute atomic E-state index is 0.0369. The van der Waals surface area contributed by atoms with Gasteiger partial charge >= 0.3 is 5.97 Å². The molecule has 0 aromatic heterocycles. The smallest absolute Gasteiger partial charge is 0.310 e. The molecule has 1 fully saturated rings. The van der Waals surface area contributed by atoms with E-state index < -0.39 is 0 Å². The topological polar surface area (TPSA) is 44.8 Å². The molecule has 0 amide bonds. The number of fused-ring (bicyclic) bond motifs is 1. The number of carbonyl (C=O) groups is 1. The maximum absolute atomic E-state index is 12.8. The lowest BCUT2D eigenvalue weighted by atomic mass is 9.98. The normalized spacial score (nSPS) is 24.0. The molecular weight excluding hydrogens is 316 g/mol. The summed E-state index contributed by atoms with van der Waals surface area (Å²) in [5.74, 6) is 1.71. The summed E-state index contributed by atoms with van der Waals surface area (Å²) in [6, 6.07) is 5.76. The van der Waals surface area contributed by atoms with Gasteiger partial charge < -0.3 is 14.2 Å². The molecule has 3 rings (SSSR count). The van der Waals surface area contributed by atoms with E-state index in [1.165, 1.54) is 5.57 Å². The Kier molecular flexibility index (Phi) is 4.56. The van der Waals surface area contributed by atoms with E-state index in [1.807, 2.05) is 18.2 Å². The van der Waals surface area contributed by atoms with E-state index in [-0.39, 0.29) is 42.0 Å². The van der Waals surface area contributed by atoms with Gasteiger partial charge in [-0.2, -0.15) is 0 Å². The van der Waals surface area contributed by atoms with Crippen molar-refractivity contribution < 1.29 is 19.0 Å². The molecule has 0 saturated heterocycles. The first-order valence-electron chi connectivity index (χ1n) is 8.97. The lowest BCUT2D eigenvalue weighted by molar-refractivity contribution is -0.154. The fourth-order valence-corrected chi connectivity index (χ4v) is 3.68. The Balaban J connectivity index is 1.77. The first-order valence-corrected chi connectivity index (χ1v) is 8.97. The Labute approximate surface area is 150 Å². The standard InChI is InChI=1S/C21H28O4/c1-12(2)9-15-18(21(15,5)6)20(22)25-19(13(3)4)14-7-8-16-17(10-14)24-11-23-16/h7-10,13,15,18-19H,11H2,1-6H3. The van der Waals surface area contributed by atoms with Crippen LogP contribution in [0.25, 0.3) is 0 Å². The van der Waals surface area contributed by atoms with E-state index in [0.717, 1.165) is 11.3 Å². The predicted octanol–water partition coefficient (Wildman–Crippen LogP) is 4.89. The highest BCUT2D eigenvalue weighted by molar-refractivity contribution is 5.78. The van der Waals surface area contributed by atoms with E-state index >= 15 is 0 Å². The second-order valence-corrected chi connectivity index (χ2v) is 8.28. The van der Waals surface area contributed by atoms with Gasteiger partial charge in [-0.15, -0.1) is 0 Å². The van der Waals surface area contributed by atoms with Crippen molar-refractivity contribution in [2.24, 2.45) is 23.2 Å². The molecule has 1 aliphatic carbocycles. The summed E-state index contributed by atoms with van der Waals surface area (Å²) in [5, 5.41) is 0. The molecular formula is C21H28O4. The largest absolute Gasteiger partial charge is 0.457 e. The zero-order valence-electron chi connectivity index (χ0n) is 16.0. The number of benzene rings is 1. The summed E-state index contributed by atoms with van der Waals surface area (Å²) in [6.07, 6.45) is 1.91. The average molecular weight is 344 g/mol. The van der Waals surface area contributed by atoms with Crippen molar-refractivity contribution in [3.05, 3.63) is 35.4 Å². The average Bonchev–Trinajstić information content (AvgIpc) is 2.86. The van der Waals surface area contributed by atoms with Gasteiger partial charge in [0.1, 0.15) is 6.10 Å². The molecule has 3 atom stereocenters. The van der Waals surface area contributed by atoms with Crippen LogP contribution >= 0.6 is 0 Å². The molecule has 1 aromatic carbocycles. The zero-order chi connectivity index (χ0) is 18.4. The Morgan fingerprint density at radius 3 is 2.56 bits per heavy atom. The maximum Gasteiger partial charge on any atom is 0.310 e. The maximum atomic E-state index is 12.8. The third kappa shape index (κ3) is 3.39. The van der Waals surface area contributed by atoms with Gasteiger partial charge in [-0.3, -0.25) is 4.79 Å². The third-order valence-corrected chi connectivity index (χ3v) is 5.25. The van der Waals surface area contributed by atoms with Crippen molar-refractivity contribution in [1.29, 1.82) is 0 Å². The van der Waals surface area contributed by atoms with Gasteiger partial charge in [0.05, 0.1) is 5.92 Å². The van der Waals surface area contributed by atoms with Gasteiger partial charge in [-0.05, 0) is 48.8 Å². The van der Waals surface area contributed by atoms with E-state index in [0.29, 0.717) is 5.75 Å². The van der Waals surface area contributed by atoms with Crippen LogP contribution < -0.4 is 9.47 Å². The molecule has 0 bridgehead atoms. The molecule has 0 spiro atoms. The Morgan fingerprint density at radius 1 is 1.24 bits per heavy atom. The van der Waals surface area contributed by atoms with Crippen LogP contribution in [0.5, 0.6) is 11.5 Å². The molecule has 1 aliphatic heterocycles. The Morgan fingerprint density at radius 2 is 1.92 bits per heavy atom. The number of carbonyl (C=O) groups excluding carboxylic acids is 1. The van der Waals surface area contributed by atoms with Crippen LogP contribution in [0.4, 0.5) is 0 Å². The fraction of sp³-hybridized carbons (Fsp3) is 0.571. The van der Waals surface area contributed by atoms with Crippen LogP contribution in [-0.2, 0) is 9.53 Å². The third-order valence-electron chi connectivity index (χ3n) is 5.25. The first-order chi connectivity index (χ1) is 11.7. The van der Waals surface area contributed by atoms with Gasteiger partial charge in [0, 0.05) is 0 Å². The van der Waals surface area contributed by atoms with Crippen molar-refractivity contribution >= 4 is 5.97 Å². The molecule has 4 heteroatoms. The minimum atomic E-state index is -0.286. The summed E-state index contributed by atoms with van der Waals surface area (Å²) in [4.78, 5) is 12.8. The van der Waals surface area contributed by atoms with Gasteiger partial charge in [0.2, 0.25) is 6.79 Å². The van der Waals surface area contributed by atoms with E-state index in [4.69, 9.17) is 14.2 Å². The molecule has 1 aromatic rings. The number of allylic oxidation sites excluding steroid dienone is 2. The van der Waals surface area contributed by atoms with Crippen LogP contribution in [0.3, 0.4) is 0 Å². The summed E-state index contributed by atoms with van der Waals surface area (Å²) in [6.45, 7) is 12.8. The van der Waals surface area contributed by atoms with E-state index in [9.17, 15) is 4.79 Å². The highest BCUT2D eigenvalue weighted by Crippen LogP contribution is 2.60. The van der Waals surface area contributed by atoms with Gasteiger partial charge in [0.25, 0.3) is 0 Å². The summed E-state index contributed by atoms with van der Waals surface area (Å²) < 4.78 is 16.8. The zero-order valence-corrected chi connectivity index (χ0v) is 16.0. The number of esters is 1. The number of rotatable bonds is 5. The Bertz CT molecular complexity index is 698. The van der Waals surface area contributed by atoms with Crippen LogP contribution in [0.2, 0.25) is 0 Å². The fourth-order valence-electron chi connectivity index (χ4n) is 3.68. The van der Waals surface area contributed by atoms with Crippen LogP contribution in [0.1, 0.15) is 53.2 Å². The molecule has 1 saturated carbocycles. The minimum Gasteiger partial charge on any atom is -0.457 e. The monoisotopic (exact) mass is 344 g/mol. The van der Waals surface area contributed by atoms with Crippen molar-refractivity contribution in [3.63, 3.8) is 0 Å². The molecule has 4 nitrogen and oxygen atoms in total. The molecule has 1 heterocycles. The SMILES string of the molecule is CC(C)=CC1C(C(=O)OC(c2ccc3c(c2)OCO3)C(C)C)C1(C)C. The van der Waals surface area contributed by atoms with Gasteiger partial charge in [-0.1, -0.05) is 45.4 Å². The first kappa shape index (κ1) is 17.8. The lowest BCUT2D eigenvalue weighted by Crippen LogP contribution is -2.19. The van der Waals surface area contributed by atoms with Crippen LogP contribution in [0.15, 0.2) is 29.8 Å². The predicted molar refractivity (Wildman–Crippen MR) is 96.4 cm³/mol. The highest BCUT2D eigenvalue weighted by atomic mass is 16.7. The Hall–Kier alpha value is -1.97.